The average Bonchev–Trinajstić information content (AvgIpc) is 2.97. The zero-order valence-electron chi connectivity index (χ0n) is 17.2. The van der Waals surface area contributed by atoms with Crippen LogP contribution < -0.4 is 5.11 Å². The minimum Gasteiger partial charge on any atom is -0.548 e. The second-order valence-corrected chi connectivity index (χ2v) is 7.88. The first-order valence-corrected chi connectivity index (χ1v) is 11.1. The summed E-state index contributed by atoms with van der Waals surface area (Å²) in [7, 11) is 0. The van der Waals surface area contributed by atoms with E-state index in [-0.39, 0.29) is 24.7 Å². The number of likely N-dealkylation sites (tertiary alicyclic amines) is 1. The van der Waals surface area contributed by atoms with Gasteiger partial charge >= 0.3 is 0 Å². The van der Waals surface area contributed by atoms with E-state index < -0.39 is 12.0 Å². The van der Waals surface area contributed by atoms with E-state index in [0.29, 0.717) is 12.8 Å². The summed E-state index contributed by atoms with van der Waals surface area (Å²) in [5.41, 5.74) is 0. The molecule has 0 bridgehead atoms. The molecule has 0 aromatic rings. The maximum absolute atomic E-state index is 11.7. The first-order valence-electron chi connectivity index (χ1n) is 11.1. The summed E-state index contributed by atoms with van der Waals surface area (Å²) < 4.78 is 0. The van der Waals surface area contributed by atoms with Crippen LogP contribution in [0.2, 0.25) is 0 Å². The fraction of sp³-hybridized carbons (Fsp3) is 0.864. The molecule has 0 aliphatic carbocycles. The highest BCUT2D eigenvalue weighted by molar-refractivity contribution is 6.04. The smallest absolute Gasteiger partial charge is 0.230 e. The molecule has 5 nitrogen and oxygen atoms in total. The largest absolute Gasteiger partial charge is 0.548 e. The molecule has 1 fully saturated rings. The number of nitrogens with zero attached hydrogens (tertiary/aromatic N) is 1. The Bertz CT molecular complexity index is 434. The number of hydrogen-bond donors (Lipinski definition) is 0. The van der Waals surface area contributed by atoms with E-state index in [9.17, 15) is 19.5 Å². The summed E-state index contributed by atoms with van der Waals surface area (Å²) in [4.78, 5) is 35.6. The van der Waals surface area contributed by atoms with Crippen LogP contribution in [-0.2, 0) is 14.4 Å². The third-order valence-electron chi connectivity index (χ3n) is 5.50. The van der Waals surface area contributed by atoms with E-state index in [1.54, 1.807) is 0 Å². The summed E-state index contributed by atoms with van der Waals surface area (Å²) in [5.74, 6) is -2.06. The predicted octanol–water partition coefficient (Wildman–Crippen LogP) is 4.13. The van der Waals surface area contributed by atoms with Crippen LogP contribution in [0.4, 0.5) is 0 Å². The lowest BCUT2D eigenvalue weighted by atomic mass is 10.0. The first-order chi connectivity index (χ1) is 13.1. The van der Waals surface area contributed by atoms with Crippen molar-refractivity contribution in [1.82, 2.24) is 4.90 Å². The van der Waals surface area contributed by atoms with Crippen LogP contribution in [0.1, 0.15) is 116 Å². The Hall–Kier alpha value is -1.39. The van der Waals surface area contributed by atoms with Crippen molar-refractivity contribution in [2.45, 2.75) is 122 Å². The molecular formula is C22H38NO4-. The molecule has 27 heavy (non-hydrogen) atoms. The molecule has 1 unspecified atom stereocenters. The van der Waals surface area contributed by atoms with Gasteiger partial charge in [0.1, 0.15) is 0 Å². The van der Waals surface area contributed by atoms with Gasteiger partial charge in [-0.2, -0.15) is 0 Å². The van der Waals surface area contributed by atoms with Crippen LogP contribution in [0.5, 0.6) is 0 Å². The van der Waals surface area contributed by atoms with Gasteiger partial charge in [0, 0.05) is 12.8 Å². The molecule has 0 saturated carbocycles. The number of aliphatic carboxylic acids is 1. The van der Waals surface area contributed by atoms with Crippen molar-refractivity contribution in [3.05, 3.63) is 0 Å². The summed E-state index contributed by atoms with van der Waals surface area (Å²) in [6.45, 7) is 2.25. The summed E-state index contributed by atoms with van der Waals surface area (Å²) in [6, 6.07) is -1.08. The number of rotatable bonds is 17. The number of carbonyl (C=O) groups is 3. The Balaban J connectivity index is 1.98. The predicted molar refractivity (Wildman–Crippen MR) is 105 cm³/mol. The zero-order chi connectivity index (χ0) is 19.9. The Labute approximate surface area is 164 Å². The van der Waals surface area contributed by atoms with E-state index in [1.165, 1.54) is 70.6 Å². The van der Waals surface area contributed by atoms with Gasteiger partial charge < -0.3 is 9.90 Å². The van der Waals surface area contributed by atoms with E-state index in [4.69, 9.17) is 0 Å². The van der Waals surface area contributed by atoms with Crippen LogP contribution in [0.25, 0.3) is 0 Å². The molecule has 2 amide bonds. The monoisotopic (exact) mass is 380 g/mol. The Kier molecular flexibility index (Phi) is 12.8. The molecule has 1 rings (SSSR count). The molecule has 0 spiro atoms. The van der Waals surface area contributed by atoms with Crippen molar-refractivity contribution in [1.29, 1.82) is 0 Å². The fourth-order valence-electron chi connectivity index (χ4n) is 3.83. The maximum Gasteiger partial charge on any atom is 0.230 e. The normalized spacial score (nSPS) is 15.5. The maximum atomic E-state index is 11.7. The molecular weight excluding hydrogens is 342 g/mol. The average molecular weight is 381 g/mol. The number of carboxylic acids is 1. The lowest BCUT2D eigenvalue weighted by Gasteiger charge is -2.27. The van der Waals surface area contributed by atoms with Gasteiger partial charge in [-0.15, -0.1) is 0 Å². The van der Waals surface area contributed by atoms with Crippen molar-refractivity contribution >= 4 is 17.8 Å². The molecule has 0 N–H and O–H groups in total. The van der Waals surface area contributed by atoms with Gasteiger partial charge in [-0.25, -0.2) is 0 Å². The number of carbonyl (C=O) groups excluding carboxylic acids is 3. The van der Waals surface area contributed by atoms with Crippen molar-refractivity contribution in [3.8, 4) is 0 Å². The van der Waals surface area contributed by atoms with Gasteiger partial charge in [0.25, 0.3) is 0 Å². The van der Waals surface area contributed by atoms with Gasteiger partial charge in [0.2, 0.25) is 11.8 Å². The zero-order valence-corrected chi connectivity index (χ0v) is 17.2. The van der Waals surface area contributed by atoms with Gasteiger partial charge in [0.05, 0.1) is 12.0 Å². The summed E-state index contributed by atoms with van der Waals surface area (Å²) >= 11 is 0. The molecule has 5 heteroatoms. The SMILES string of the molecule is CCCCCCCCCCCCCCCCC(C(=O)[O-])N1C(=O)CCC1=O. The van der Waals surface area contributed by atoms with E-state index in [1.807, 2.05) is 0 Å². The Morgan fingerprint density at radius 3 is 1.52 bits per heavy atom. The van der Waals surface area contributed by atoms with Gasteiger partial charge in [-0.1, -0.05) is 96.8 Å². The highest BCUT2D eigenvalue weighted by atomic mass is 16.4. The molecule has 0 aromatic heterocycles. The molecule has 1 heterocycles. The van der Waals surface area contributed by atoms with Crippen molar-refractivity contribution in [2.75, 3.05) is 0 Å². The molecule has 1 atom stereocenters. The fourth-order valence-corrected chi connectivity index (χ4v) is 3.83. The van der Waals surface area contributed by atoms with Gasteiger partial charge in [0.15, 0.2) is 0 Å². The second kappa shape index (κ2) is 14.6. The van der Waals surface area contributed by atoms with Crippen molar-refractivity contribution in [3.63, 3.8) is 0 Å². The third kappa shape index (κ3) is 9.92. The number of unbranched alkanes of at least 4 members (excludes halogenated alkanes) is 13. The van der Waals surface area contributed by atoms with Gasteiger partial charge in [-0.3, -0.25) is 14.5 Å². The minimum absolute atomic E-state index is 0.126. The number of amides is 2. The van der Waals surface area contributed by atoms with E-state index in [0.717, 1.165) is 17.7 Å². The standard InChI is InChI=1S/C22H39NO4/c1-2-3-4-5-6-7-8-9-10-11-12-13-14-15-16-19(22(26)27)23-20(24)17-18-21(23)25/h19H,2-18H2,1H3,(H,26,27)/p-1. The lowest BCUT2D eigenvalue weighted by molar-refractivity contribution is -0.311. The van der Waals surface area contributed by atoms with E-state index >= 15 is 0 Å². The molecule has 0 aromatic carbocycles. The number of hydrogen-bond acceptors (Lipinski definition) is 4. The number of imide groups is 1. The molecule has 1 aliphatic heterocycles. The number of carboxylic acid groups (broad SMARTS) is 1. The van der Waals surface area contributed by atoms with Crippen LogP contribution >= 0.6 is 0 Å². The highest BCUT2D eigenvalue weighted by Gasteiger charge is 2.35. The van der Waals surface area contributed by atoms with E-state index in [2.05, 4.69) is 6.92 Å². The van der Waals surface area contributed by atoms with Crippen LogP contribution in [-0.4, -0.2) is 28.7 Å². The van der Waals surface area contributed by atoms with Crippen LogP contribution in [0, 0.1) is 0 Å². The molecule has 156 valence electrons. The molecule has 0 radical (unpaired) electrons. The molecule has 1 aliphatic rings. The quantitative estimate of drug-likeness (QED) is 0.281. The third-order valence-corrected chi connectivity index (χ3v) is 5.50. The topological polar surface area (TPSA) is 77.5 Å². The molecule has 1 saturated heterocycles. The van der Waals surface area contributed by atoms with Crippen LogP contribution in [0.3, 0.4) is 0 Å². The van der Waals surface area contributed by atoms with Crippen molar-refractivity contribution in [2.24, 2.45) is 0 Å². The Morgan fingerprint density at radius 1 is 0.778 bits per heavy atom. The second-order valence-electron chi connectivity index (χ2n) is 7.88. The van der Waals surface area contributed by atoms with Crippen LogP contribution in [0.15, 0.2) is 0 Å². The lowest BCUT2D eigenvalue weighted by Crippen LogP contribution is -2.50. The van der Waals surface area contributed by atoms with Gasteiger partial charge in [-0.05, 0) is 6.42 Å². The highest BCUT2D eigenvalue weighted by Crippen LogP contribution is 2.20. The van der Waals surface area contributed by atoms with Crippen molar-refractivity contribution < 1.29 is 19.5 Å². The summed E-state index contributed by atoms with van der Waals surface area (Å²) in [5, 5.41) is 11.3. The Morgan fingerprint density at radius 2 is 1.15 bits per heavy atom. The summed E-state index contributed by atoms with van der Waals surface area (Å²) in [6.07, 6.45) is 17.9. The first kappa shape index (κ1) is 23.6. The minimum atomic E-state index is -1.31.